The summed E-state index contributed by atoms with van der Waals surface area (Å²) in [7, 11) is 5.09. The number of methoxy groups -OCH3 is 1. The molecule has 1 aromatic rings. The molecule has 19 atom stereocenters. The van der Waals surface area contributed by atoms with E-state index in [4.69, 9.17) is 37.9 Å². The highest BCUT2D eigenvalue weighted by Gasteiger charge is 2.53. The van der Waals surface area contributed by atoms with Crippen molar-refractivity contribution in [2.75, 3.05) is 83.5 Å². The largest absolute Gasteiger partial charge is 0.459 e. The molecule has 6 N–H and O–H groups in total. The molecule has 5 fully saturated rings. The van der Waals surface area contributed by atoms with Gasteiger partial charge in [-0.1, -0.05) is 26.8 Å². The van der Waals surface area contributed by atoms with Gasteiger partial charge in [0.15, 0.2) is 12.6 Å². The third kappa shape index (κ3) is 14.9. The number of esters is 1. The fraction of sp³-hybridized carbons (Fsp3) is 0.800. The molecule has 22 heteroatoms. The first kappa shape index (κ1) is 62.6. The van der Waals surface area contributed by atoms with E-state index in [-0.39, 0.29) is 44.8 Å². The van der Waals surface area contributed by atoms with Gasteiger partial charge in [0.2, 0.25) is 5.91 Å². The molecule has 5 heterocycles. The maximum Gasteiger partial charge on any atom is 0.414 e. The Kier molecular flexibility index (Phi) is 21.4. The van der Waals surface area contributed by atoms with Crippen molar-refractivity contribution in [2.45, 2.75) is 191 Å². The van der Waals surface area contributed by atoms with Gasteiger partial charge < -0.3 is 78.5 Å². The van der Waals surface area contributed by atoms with Gasteiger partial charge >= 0.3 is 12.1 Å². The van der Waals surface area contributed by atoms with Gasteiger partial charge in [-0.25, -0.2) is 9.18 Å². The number of nitrogens with zero attached hydrogens (tertiary/aromatic N) is 4. The number of cyclic esters (lactones) is 2. The number of ether oxygens (including phenoxy) is 8. The molecule has 0 radical (unpaired) electrons. The van der Waals surface area contributed by atoms with Crippen molar-refractivity contribution >= 4 is 29.3 Å². The Hall–Kier alpha value is -3.62. The van der Waals surface area contributed by atoms with Crippen LogP contribution in [0.3, 0.4) is 0 Å². The molecular formula is C55H90FN5O16. The van der Waals surface area contributed by atoms with Crippen molar-refractivity contribution in [1.29, 1.82) is 0 Å². The van der Waals surface area contributed by atoms with Gasteiger partial charge in [-0.2, -0.15) is 0 Å². The van der Waals surface area contributed by atoms with Crippen LogP contribution in [0.4, 0.5) is 20.6 Å². The summed E-state index contributed by atoms with van der Waals surface area (Å²) in [6, 6.07) is 3.44. The highest BCUT2D eigenvalue weighted by atomic mass is 19.1. The summed E-state index contributed by atoms with van der Waals surface area (Å²) in [6.07, 6.45) is -8.18. The van der Waals surface area contributed by atoms with E-state index in [1.165, 1.54) is 31.1 Å². The van der Waals surface area contributed by atoms with Crippen molar-refractivity contribution in [3.05, 3.63) is 36.2 Å². The molecule has 0 aromatic heterocycles. The van der Waals surface area contributed by atoms with Crippen LogP contribution in [-0.4, -0.2) is 223 Å². The molecule has 5 saturated heterocycles. The smallest absolute Gasteiger partial charge is 0.414 e. The van der Waals surface area contributed by atoms with E-state index in [2.05, 4.69) is 5.32 Å². The summed E-state index contributed by atoms with van der Waals surface area (Å²) in [5.74, 6) is -3.86. The molecule has 2 amide bonds. The molecule has 5 aliphatic heterocycles. The van der Waals surface area contributed by atoms with Gasteiger partial charge in [-0.05, 0) is 106 Å². The van der Waals surface area contributed by atoms with Crippen molar-refractivity contribution in [1.82, 2.24) is 15.1 Å². The highest BCUT2D eigenvalue weighted by Crippen LogP contribution is 2.40. The van der Waals surface area contributed by atoms with E-state index in [9.17, 15) is 39.9 Å². The van der Waals surface area contributed by atoms with Crippen LogP contribution in [0.2, 0.25) is 0 Å². The van der Waals surface area contributed by atoms with Crippen LogP contribution < -0.4 is 15.1 Å². The summed E-state index contributed by atoms with van der Waals surface area (Å²) in [6.45, 7) is 20.1. The van der Waals surface area contributed by atoms with Crippen molar-refractivity contribution in [3.63, 3.8) is 0 Å². The summed E-state index contributed by atoms with van der Waals surface area (Å²) in [4.78, 5) is 47.4. The lowest BCUT2D eigenvalue weighted by Gasteiger charge is -2.49. The van der Waals surface area contributed by atoms with Crippen LogP contribution >= 0.6 is 0 Å². The number of hydrogen-bond donors (Lipinski definition) is 6. The highest BCUT2D eigenvalue weighted by molar-refractivity contribution is 5.90. The summed E-state index contributed by atoms with van der Waals surface area (Å²) >= 11 is 0. The predicted octanol–water partition coefficient (Wildman–Crippen LogP) is 2.94. The second kappa shape index (κ2) is 26.3. The number of rotatable bonds is 14. The fourth-order valence-electron chi connectivity index (χ4n) is 12.0. The zero-order valence-electron chi connectivity index (χ0n) is 47.5. The van der Waals surface area contributed by atoms with Crippen molar-refractivity contribution in [2.24, 2.45) is 17.8 Å². The summed E-state index contributed by atoms with van der Waals surface area (Å²) in [5.41, 5.74) is -3.87. The predicted molar refractivity (Wildman–Crippen MR) is 282 cm³/mol. The Morgan fingerprint density at radius 1 is 0.961 bits per heavy atom. The minimum Gasteiger partial charge on any atom is -0.459 e. The number of aliphatic hydroxyl groups is 5. The standard InChI is InChI=1S/C55H90FN5O16/c1-14-42-55(10,69)47(64)35(6)59(12)29-31(2)26-53(8,68)49(33(4)46(34(5)50(66)75-42)76-44-27-54(9,70-13)48(65)36(7)73-44)77-51-45(63)41(24-32(3)72-51)58(11)19-15-16-43(62)57-28-38-30-61(52(67)74-38)37-17-18-40(39(56)25-37)60-20-22-71-23-21-60/h15-18,25,31-36,38,41-42,44-49,51,63-65,68-69H,14,19-24,26-30H2,1-13H3,(H,57,62)/b16-15-/t31-,32-,33+,34-,35-,36+,38+,41+,42-,44-,45-,46+,47-,48+,49-,51+,53-,54-,55-/m1/s1. The number of carbonyl (C=O) groups excluding carboxylic acids is 3. The average Bonchev–Trinajstić information content (AvgIpc) is 3.76. The zero-order chi connectivity index (χ0) is 56.9. The third-order valence-electron chi connectivity index (χ3n) is 16.7. The molecule has 21 nitrogen and oxygen atoms in total. The number of benzene rings is 1. The van der Waals surface area contributed by atoms with E-state index < -0.39 is 132 Å². The van der Waals surface area contributed by atoms with Gasteiger partial charge in [-0.3, -0.25) is 19.4 Å². The Morgan fingerprint density at radius 3 is 2.30 bits per heavy atom. The maximum absolute atomic E-state index is 15.2. The lowest BCUT2D eigenvalue weighted by molar-refractivity contribution is -0.318. The van der Waals surface area contributed by atoms with Crippen LogP contribution in [-0.2, 0) is 47.5 Å². The Labute approximate surface area is 454 Å². The number of nitrogens with one attached hydrogen (secondary N) is 1. The zero-order valence-corrected chi connectivity index (χ0v) is 47.5. The lowest BCUT2D eigenvalue weighted by atomic mass is 9.77. The molecule has 0 saturated carbocycles. The topological polar surface area (TPSA) is 251 Å². The second-order valence-electron chi connectivity index (χ2n) is 23.1. The van der Waals surface area contributed by atoms with Gasteiger partial charge in [-0.15, -0.1) is 0 Å². The van der Waals surface area contributed by atoms with Crippen LogP contribution in [0.25, 0.3) is 0 Å². The monoisotopic (exact) mass is 1100 g/mol. The number of anilines is 2. The molecule has 0 bridgehead atoms. The van der Waals surface area contributed by atoms with E-state index in [0.717, 1.165) is 0 Å². The molecule has 0 spiro atoms. The van der Waals surface area contributed by atoms with Gasteiger partial charge in [0.25, 0.3) is 0 Å². The third-order valence-corrected chi connectivity index (χ3v) is 16.7. The quantitative estimate of drug-likeness (QED) is 0.116. The van der Waals surface area contributed by atoms with Gasteiger partial charge in [0, 0.05) is 63.8 Å². The summed E-state index contributed by atoms with van der Waals surface area (Å²) < 4.78 is 64.2. The normalized spacial score (nSPS) is 40.5. The fourth-order valence-corrected chi connectivity index (χ4v) is 12.0. The summed E-state index contributed by atoms with van der Waals surface area (Å²) in [5, 5.41) is 62.4. The number of carbonyl (C=O) groups is 3. The molecule has 0 unspecified atom stereocenters. The first-order chi connectivity index (χ1) is 36.1. The van der Waals surface area contributed by atoms with Gasteiger partial charge in [0.1, 0.15) is 41.9 Å². The average molecular weight is 1100 g/mol. The van der Waals surface area contributed by atoms with Crippen molar-refractivity contribution < 1.29 is 82.2 Å². The molecule has 77 heavy (non-hydrogen) atoms. The first-order valence-corrected chi connectivity index (χ1v) is 27.4. The van der Waals surface area contributed by atoms with Crippen LogP contribution in [0.15, 0.2) is 30.4 Å². The minimum atomic E-state index is -1.87. The molecule has 5 aliphatic rings. The number of amides is 2. The second-order valence-corrected chi connectivity index (χ2v) is 23.1. The van der Waals surface area contributed by atoms with Crippen LogP contribution in [0, 0.1) is 23.6 Å². The van der Waals surface area contributed by atoms with E-state index in [1.807, 2.05) is 35.6 Å². The number of hydrogen-bond acceptors (Lipinski definition) is 19. The Balaban J connectivity index is 1.17. The Bertz CT molecular complexity index is 2150. The number of likely N-dealkylation sites (N-methyl/N-ethyl adjacent to an activating group) is 2. The first-order valence-electron chi connectivity index (χ1n) is 27.4. The maximum atomic E-state index is 15.2. The molecule has 6 rings (SSSR count). The Morgan fingerprint density at radius 2 is 1.65 bits per heavy atom. The van der Waals surface area contributed by atoms with E-state index in [0.29, 0.717) is 50.6 Å². The lowest BCUT2D eigenvalue weighted by Crippen LogP contribution is -2.60. The van der Waals surface area contributed by atoms with E-state index in [1.54, 1.807) is 73.7 Å². The minimum absolute atomic E-state index is 0.0155. The number of aliphatic hydroxyl groups excluding tert-OH is 3. The molecular weight excluding hydrogens is 1010 g/mol. The van der Waals surface area contributed by atoms with E-state index >= 15 is 4.39 Å². The number of morpholine rings is 1. The van der Waals surface area contributed by atoms with Crippen molar-refractivity contribution in [3.8, 4) is 0 Å². The van der Waals surface area contributed by atoms with Gasteiger partial charge in [0.05, 0.1) is 79.2 Å². The molecule has 438 valence electrons. The molecule has 0 aliphatic carbocycles. The number of halogens is 1. The molecule has 1 aromatic carbocycles. The van der Waals surface area contributed by atoms with Crippen LogP contribution in [0.5, 0.6) is 0 Å². The SMILES string of the molecule is CC[C@H]1OC(=O)[C@H](C)[C@@H](O[C@@H]2C[C@@](C)(OC)[C@@H](O)[C@H](C)O2)[C@H](C)[C@@H](O[C@@H]2O[C@H](C)C[C@H](N(C)C/C=C\C(=O)NC[C@H]3CN(c4ccc(N5CCOCC5)c(F)c4)C(=O)O3)[C@H]2O)[C@](C)(O)C[C@@H](C)CN(C)[C@H](C)[C@@H](O)[C@]1(C)O. The van der Waals surface area contributed by atoms with Crippen LogP contribution in [0.1, 0.15) is 94.9 Å².